The Labute approximate surface area is 180 Å². The number of aliphatic carboxylic acids is 1. The van der Waals surface area contributed by atoms with Crippen LogP contribution in [-0.2, 0) is 14.4 Å². The van der Waals surface area contributed by atoms with Gasteiger partial charge in [-0.3, -0.25) is 14.5 Å². The zero-order chi connectivity index (χ0) is 19.0. The quantitative estimate of drug-likeness (QED) is 0.282. The fourth-order valence-corrected chi connectivity index (χ4v) is 4.20. The van der Waals surface area contributed by atoms with Gasteiger partial charge in [-0.1, -0.05) is 12.1 Å². The minimum Gasteiger partial charge on any atom is -0.543 e. The number of nitrogens with two attached hydrogens (primary N) is 1. The number of amides is 2. The van der Waals surface area contributed by atoms with Crippen molar-refractivity contribution in [2.24, 2.45) is 5.73 Å². The van der Waals surface area contributed by atoms with Crippen LogP contribution in [-0.4, -0.2) is 56.7 Å². The number of hydrogen-bond acceptors (Lipinski definition) is 8. The molecule has 1 saturated heterocycles. The van der Waals surface area contributed by atoms with E-state index in [2.05, 4.69) is 5.32 Å². The first-order valence-electron chi connectivity index (χ1n) is 7.69. The summed E-state index contributed by atoms with van der Waals surface area (Å²) in [5, 5.41) is 31.8. The number of phenols is 1. The molecular formula is C16H16N3NaO6S. The van der Waals surface area contributed by atoms with Crippen LogP contribution in [0, 0.1) is 0 Å². The van der Waals surface area contributed by atoms with Crippen LogP contribution >= 0.6 is 11.8 Å². The van der Waals surface area contributed by atoms with Crippen molar-refractivity contribution < 1.29 is 59.3 Å². The van der Waals surface area contributed by atoms with E-state index in [-0.39, 0.29) is 52.3 Å². The Balaban J connectivity index is 0.00000261. The standard InChI is InChI=1S/C16H17N3O6S.Na/c17-10(7-1-3-9(21)4-2-7)13(22)18-11-14(23)19-12(16(24)25)8(5-20)6-26-15(11)19;/h1-4,10-11,15,20-21H,5-6,17H2,(H,18,22)(H,24,25);/q;+1/p-1/t10?,11-,15+;/m0./s1. The molecule has 27 heavy (non-hydrogen) atoms. The number of carboxylic acids is 1. The molecule has 11 heteroatoms. The SMILES string of the molecule is NC(C(=O)N[C@H]1C(=O)N2C(C(=O)[O-])=C(CO)CS[C@H]12)c1ccc(O)cc1.[Na+]. The predicted octanol–water partition coefficient (Wildman–Crippen LogP) is -5.21. The number of β-lactam (4-membered cyclic amide) rings is 1. The first kappa shape index (κ1) is 21.7. The van der Waals surface area contributed by atoms with Gasteiger partial charge in [0, 0.05) is 5.75 Å². The Morgan fingerprint density at radius 3 is 2.56 bits per heavy atom. The maximum absolute atomic E-state index is 12.3. The molecule has 0 spiro atoms. The third-order valence-corrected chi connectivity index (χ3v) is 5.60. The van der Waals surface area contributed by atoms with Crippen molar-refractivity contribution in [1.82, 2.24) is 10.2 Å². The second kappa shape index (κ2) is 8.63. The topological polar surface area (TPSA) is 156 Å². The number of nitrogens with one attached hydrogen (secondary N) is 1. The average molecular weight is 401 g/mol. The van der Waals surface area contributed by atoms with Gasteiger partial charge < -0.3 is 31.2 Å². The number of nitrogens with zero attached hydrogens (tertiary/aromatic N) is 1. The van der Waals surface area contributed by atoms with Crippen molar-refractivity contribution >= 4 is 29.5 Å². The van der Waals surface area contributed by atoms with E-state index in [1.807, 2.05) is 0 Å². The summed E-state index contributed by atoms with van der Waals surface area (Å²) in [6.07, 6.45) is 0. The first-order chi connectivity index (χ1) is 12.3. The van der Waals surface area contributed by atoms with Crippen molar-refractivity contribution in [2.45, 2.75) is 17.5 Å². The molecule has 2 amide bonds. The molecule has 3 rings (SSSR count). The van der Waals surface area contributed by atoms with Gasteiger partial charge in [-0.05, 0) is 23.3 Å². The van der Waals surface area contributed by atoms with Gasteiger partial charge in [0.05, 0.1) is 18.3 Å². The second-order valence-electron chi connectivity index (χ2n) is 5.86. The molecule has 1 fully saturated rings. The third kappa shape index (κ3) is 4.00. The summed E-state index contributed by atoms with van der Waals surface area (Å²) < 4.78 is 0. The molecule has 1 aromatic carbocycles. The Hall–Kier alpha value is -1.56. The number of fused-ring (bicyclic) bond motifs is 1. The summed E-state index contributed by atoms with van der Waals surface area (Å²) in [5.74, 6) is -2.49. The molecule has 9 nitrogen and oxygen atoms in total. The molecule has 0 aliphatic carbocycles. The fraction of sp³-hybridized carbons (Fsp3) is 0.312. The van der Waals surface area contributed by atoms with Crippen LogP contribution in [0.3, 0.4) is 0 Å². The van der Waals surface area contributed by atoms with Gasteiger partial charge >= 0.3 is 29.6 Å². The van der Waals surface area contributed by atoms with E-state index in [0.29, 0.717) is 5.56 Å². The second-order valence-corrected chi connectivity index (χ2v) is 6.97. The molecule has 0 radical (unpaired) electrons. The fourth-order valence-electron chi connectivity index (χ4n) is 2.87. The van der Waals surface area contributed by atoms with Gasteiger partial charge in [0.15, 0.2) is 0 Å². The molecule has 2 heterocycles. The Morgan fingerprint density at radius 2 is 2.00 bits per heavy atom. The molecule has 1 unspecified atom stereocenters. The summed E-state index contributed by atoms with van der Waals surface area (Å²) in [7, 11) is 0. The summed E-state index contributed by atoms with van der Waals surface area (Å²) in [6, 6.07) is 3.81. The van der Waals surface area contributed by atoms with Crippen LogP contribution in [0.2, 0.25) is 0 Å². The monoisotopic (exact) mass is 401 g/mol. The summed E-state index contributed by atoms with van der Waals surface area (Å²) in [4.78, 5) is 37.0. The smallest absolute Gasteiger partial charge is 0.543 e. The molecule has 2 aliphatic heterocycles. The average Bonchev–Trinajstić information content (AvgIpc) is 2.64. The zero-order valence-electron chi connectivity index (χ0n) is 14.4. The molecule has 0 saturated carbocycles. The number of aliphatic hydroxyl groups is 1. The molecule has 0 aromatic heterocycles. The largest absolute Gasteiger partial charge is 1.00 e. The van der Waals surface area contributed by atoms with Gasteiger partial charge in [-0.25, -0.2) is 0 Å². The minimum absolute atomic E-state index is 0. The molecule has 138 valence electrons. The molecule has 1 aromatic rings. The number of thioether (sulfide) groups is 1. The molecule has 5 N–H and O–H groups in total. The van der Waals surface area contributed by atoms with E-state index < -0.39 is 41.8 Å². The Kier molecular flexibility index (Phi) is 6.95. The van der Waals surface area contributed by atoms with Crippen molar-refractivity contribution in [1.29, 1.82) is 0 Å². The predicted molar refractivity (Wildman–Crippen MR) is 89.2 cm³/mol. The number of hydrogen-bond donors (Lipinski definition) is 4. The van der Waals surface area contributed by atoms with Crippen LogP contribution < -0.4 is 45.7 Å². The van der Waals surface area contributed by atoms with Crippen molar-refractivity contribution in [2.75, 3.05) is 12.4 Å². The maximum atomic E-state index is 12.3. The minimum atomic E-state index is -1.54. The number of phenolic OH excluding ortho intramolecular Hbond substituents is 1. The molecule has 2 aliphatic rings. The maximum Gasteiger partial charge on any atom is 1.00 e. The van der Waals surface area contributed by atoms with Crippen LogP contribution in [0.15, 0.2) is 35.5 Å². The van der Waals surface area contributed by atoms with E-state index in [0.717, 1.165) is 4.90 Å². The van der Waals surface area contributed by atoms with Gasteiger partial charge in [-0.2, -0.15) is 0 Å². The Morgan fingerprint density at radius 1 is 1.37 bits per heavy atom. The van der Waals surface area contributed by atoms with Crippen molar-refractivity contribution in [3.63, 3.8) is 0 Å². The van der Waals surface area contributed by atoms with Gasteiger partial charge in [-0.15, -0.1) is 11.8 Å². The first-order valence-corrected chi connectivity index (χ1v) is 8.73. The number of benzene rings is 1. The van der Waals surface area contributed by atoms with Crippen LogP contribution in [0.25, 0.3) is 0 Å². The number of carbonyl (C=O) groups is 3. The van der Waals surface area contributed by atoms with E-state index >= 15 is 0 Å². The summed E-state index contributed by atoms with van der Waals surface area (Å²) in [6.45, 7) is -0.491. The van der Waals surface area contributed by atoms with E-state index in [9.17, 15) is 29.7 Å². The zero-order valence-corrected chi connectivity index (χ0v) is 17.2. The normalized spacial score (nSPS) is 22.3. The Bertz CT molecular complexity index is 800. The molecular weight excluding hydrogens is 385 g/mol. The van der Waals surface area contributed by atoms with Crippen LogP contribution in [0.1, 0.15) is 11.6 Å². The summed E-state index contributed by atoms with van der Waals surface area (Å²) in [5.41, 5.74) is 6.19. The van der Waals surface area contributed by atoms with Crippen molar-refractivity contribution in [3.8, 4) is 5.75 Å². The van der Waals surface area contributed by atoms with E-state index in [1.165, 1.54) is 36.0 Å². The molecule has 0 bridgehead atoms. The van der Waals surface area contributed by atoms with Gasteiger partial charge in [0.2, 0.25) is 5.91 Å². The van der Waals surface area contributed by atoms with Crippen LogP contribution in [0.5, 0.6) is 5.75 Å². The number of aliphatic hydroxyl groups excluding tert-OH is 1. The van der Waals surface area contributed by atoms with Crippen molar-refractivity contribution in [3.05, 3.63) is 41.1 Å². The molecule has 3 atom stereocenters. The van der Waals surface area contributed by atoms with Gasteiger partial charge in [0.25, 0.3) is 5.91 Å². The number of carbonyl (C=O) groups excluding carboxylic acids is 3. The number of aromatic hydroxyl groups is 1. The van der Waals surface area contributed by atoms with Gasteiger partial charge in [0.1, 0.15) is 23.2 Å². The number of rotatable bonds is 5. The number of carboxylic acid groups (broad SMARTS) is 1. The third-order valence-electron chi connectivity index (χ3n) is 4.26. The van der Waals surface area contributed by atoms with Crippen LogP contribution in [0.4, 0.5) is 0 Å². The summed E-state index contributed by atoms with van der Waals surface area (Å²) >= 11 is 1.24. The van der Waals surface area contributed by atoms with E-state index in [4.69, 9.17) is 5.73 Å². The van der Waals surface area contributed by atoms with E-state index in [1.54, 1.807) is 0 Å².